The topological polar surface area (TPSA) is 62.2 Å². The first kappa shape index (κ1) is 15.8. The van der Waals surface area contributed by atoms with E-state index >= 15 is 0 Å². The molecule has 1 atom stereocenters. The van der Waals surface area contributed by atoms with Crippen LogP contribution in [-0.2, 0) is 37.0 Å². The van der Waals surface area contributed by atoms with Gasteiger partial charge in [0, 0.05) is 11.3 Å². The summed E-state index contributed by atoms with van der Waals surface area (Å²) in [6.07, 6.45) is 6.23. The van der Waals surface area contributed by atoms with Gasteiger partial charge in [-0.25, -0.2) is 4.98 Å². The number of aliphatic hydroxyl groups is 1. The Balaban J connectivity index is 1.42. The predicted octanol–water partition coefficient (Wildman–Crippen LogP) is 2.56. The molecule has 1 unspecified atom stereocenters. The van der Waals surface area contributed by atoms with Crippen LogP contribution in [0.1, 0.15) is 46.0 Å². The summed E-state index contributed by atoms with van der Waals surface area (Å²) in [4.78, 5) is 18.6. The van der Waals surface area contributed by atoms with Crippen LogP contribution in [0.5, 0.6) is 0 Å². The molecule has 1 aromatic heterocycles. The van der Waals surface area contributed by atoms with Gasteiger partial charge >= 0.3 is 0 Å². The number of benzene rings is 1. The Hall–Kier alpha value is -1.72. The van der Waals surface area contributed by atoms with Crippen molar-refractivity contribution in [1.29, 1.82) is 0 Å². The van der Waals surface area contributed by atoms with E-state index in [0.29, 0.717) is 19.4 Å². The average molecular weight is 342 g/mol. The molecule has 4 nitrogen and oxygen atoms in total. The molecular formula is C19H22N2O2S. The zero-order valence-corrected chi connectivity index (χ0v) is 14.5. The molecule has 1 amide bonds. The highest BCUT2D eigenvalue weighted by Crippen LogP contribution is 2.30. The number of thiazole rings is 1. The normalized spacial score (nSPS) is 22.5. The molecule has 2 aliphatic rings. The predicted molar refractivity (Wildman–Crippen MR) is 94.0 cm³/mol. The SMILES string of the molecule is O=C(NCc1nc2c(s1)CCCC2)C1(O)CCc2ccccc2C1. The largest absolute Gasteiger partial charge is 0.380 e. The first-order valence-corrected chi connectivity index (χ1v) is 9.51. The van der Waals surface area contributed by atoms with Gasteiger partial charge in [-0.3, -0.25) is 4.79 Å². The monoisotopic (exact) mass is 342 g/mol. The number of carbonyl (C=O) groups is 1. The molecule has 1 aromatic carbocycles. The lowest BCUT2D eigenvalue weighted by Gasteiger charge is -2.32. The molecule has 1 heterocycles. The van der Waals surface area contributed by atoms with Crippen LogP contribution in [-0.4, -0.2) is 21.6 Å². The van der Waals surface area contributed by atoms with Gasteiger partial charge in [0.2, 0.25) is 0 Å². The van der Waals surface area contributed by atoms with Crippen molar-refractivity contribution in [1.82, 2.24) is 10.3 Å². The third-order valence-electron chi connectivity index (χ3n) is 5.12. The van der Waals surface area contributed by atoms with Gasteiger partial charge in [-0.15, -0.1) is 11.3 Å². The van der Waals surface area contributed by atoms with Crippen LogP contribution in [0, 0.1) is 0 Å². The van der Waals surface area contributed by atoms with Gasteiger partial charge in [0.1, 0.15) is 10.6 Å². The summed E-state index contributed by atoms with van der Waals surface area (Å²) >= 11 is 1.70. The van der Waals surface area contributed by atoms with Crippen molar-refractivity contribution >= 4 is 17.2 Å². The molecular weight excluding hydrogens is 320 g/mol. The number of hydrogen-bond acceptors (Lipinski definition) is 4. The fourth-order valence-electron chi connectivity index (χ4n) is 3.71. The second-order valence-corrected chi connectivity index (χ2v) is 8.01. The molecule has 2 aliphatic carbocycles. The van der Waals surface area contributed by atoms with Crippen molar-refractivity contribution < 1.29 is 9.90 Å². The molecule has 0 spiro atoms. The summed E-state index contributed by atoms with van der Waals surface area (Å²) in [7, 11) is 0. The Labute approximate surface area is 145 Å². The fourth-order valence-corrected chi connectivity index (χ4v) is 4.81. The number of rotatable bonds is 3. The molecule has 0 saturated heterocycles. The number of hydrogen-bond donors (Lipinski definition) is 2. The van der Waals surface area contributed by atoms with E-state index in [9.17, 15) is 9.90 Å². The zero-order chi connectivity index (χ0) is 16.6. The van der Waals surface area contributed by atoms with E-state index in [1.54, 1.807) is 11.3 Å². The lowest BCUT2D eigenvalue weighted by molar-refractivity contribution is -0.141. The molecule has 0 saturated carbocycles. The maximum Gasteiger partial charge on any atom is 0.252 e. The molecule has 2 N–H and O–H groups in total. The van der Waals surface area contributed by atoms with Crippen molar-refractivity contribution in [3.05, 3.63) is 51.0 Å². The third kappa shape index (κ3) is 2.98. The second kappa shape index (κ2) is 6.30. The second-order valence-electron chi connectivity index (χ2n) is 6.84. The summed E-state index contributed by atoms with van der Waals surface area (Å²) in [6, 6.07) is 8.05. The number of nitrogens with zero attached hydrogens (tertiary/aromatic N) is 1. The van der Waals surface area contributed by atoms with Gasteiger partial charge in [0.05, 0.1) is 12.2 Å². The Morgan fingerprint density at radius 2 is 2.00 bits per heavy atom. The highest BCUT2D eigenvalue weighted by molar-refractivity contribution is 7.11. The van der Waals surface area contributed by atoms with E-state index in [-0.39, 0.29) is 5.91 Å². The van der Waals surface area contributed by atoms with Crippen LogP contribution in [0.15, 0.2) is 24.3 Å². The van der Waals surface area contributed by atoms with Crippen LogP contribution in [0.25, 0.3) is 0 Å². The number of amides is 1. The van der Waals surface area contributed by atoms with Gasteiger partial charge in [-0.1, -0.05) is 24.3 Å². The minimum atomic E-state index is -1.30. The summed E-state index contributed by atoms with van der Waals surface area (Å²) in [5, 5.41) is 14.7. The molecule has 5 heteroatoms. The van der Waals surface area contributed by atoms with Gasteiger partial charge in [-0.2, -0.15) is 0 Å². The first-order valence-electron chi connectivity index (χ1n) is 8.69. The first-order chi connectivity index (χ1) is 11.6. The van der Waals surface area contributed by atoms with Crippen molar-refractivity contribution in [2.24, 2.45) is 0 Å². The smallest absolute Gasteiger partial charge is 0.252 e. The van der Waals surface area contributed by atoms with Crippen molar-refractivity contribution in [2.45, 2.75) is 57.1 Å². The Bertz CT molecular complexity index is 747. The fraction of sp³-hybridized carbons (Fsp3) is 0.474. The molecule has 0 fully saturated rings. The Morgan fingerprint density at radius 3 is 2.83 bits per heavy atom. The zero-order valence-electron chi connectivity index (χ0n) is 13.7. The number of aromatic nitrogens is 1. The average Bonchev–Trinajstić information content (AvgIpc) is 3.02. The number of nitrogens with one attached hydrogen (secondary N) is 1. The molecule has 2 aromatic rings. The standard InChI is InChI=1S/C19H22N2O2S/c22-18(19(23)10-9-13-5-1-2-6-14(13)11-19)20-12-17-21-15-7-3-4-8-16(15)24-17/h1-2,5-6,23H,3-4,7-12H2,(H,20,22). The highest BCUT2D eigenvalue weighted by atomic mass is 32.1. The Morgan fingerprint density at radius 1 is 1.21 bits per heavy atom. The molecule has 126 valence electrons. The number of carbonyl (C=O) groups excluding carboxylic acids is 1. The summed E-state index contributed by atoms with van der Waals surface area (Å²) in [5.41, 5.74) is 2.22. The van der Waals surface area contributed by atoms with Crippen molar-refractivity contribution in [3.63, 3.8) is 0 Å². The lowest BCUT2D eigenvalue weighted by Crippen LogP contribution is -2.50. The van der Waals surface area contributed by atoms with Gasteiger partial charge in [0.15, 0.2) is 0 Å². The van der Waals surface area contributed by atoms with E-state index in [0.717, 1.165) is 29.8 Å². The molecule has 4 rings (SSSR count). The summed E-state index contributed by atoms with van der Waals surface area (Å²) < 4.78 is 0. The van der Waals surface area contributed by atoms with Gasteiger partial charge in [0.25, 0.3) is 5.91 Å². The van der Waals surface area contributed by atoms with Gasteiger partial charge in [-0.05, 0) is 49.7 Å². The molecule has 24 heavy (non-hydrogen) atoms. The van der Waals surface area contributed by atoms with E-state index in [1.807, 2.05) is 18.2 Å². The minimum absolute atomic E-state index is 0.273. The van der Waals surface area contributed by atoms with E-state index < -0.39 is 5.60 Å². The van der Waals surface area contributed by atoms with Crippen molar-refractivity contribution in [2.75, 3.05) is 0 Å². The molecule has 0 bridgehead atoms. The van der Waals surface area contributed by atoms with E-state index in [2.05, 4.69) is 16.4 Å². The van der Waals surface area contributed by atoms with E-state index in [4.69, 9.17) is 0 Å². The maximum atomic E-state index is 12.6. The lowest BCUT2D eigenvalue weighted by atomic mass is 9.80. The maximum absolute atomic E-state index is 12.6. The van der Waals surface area contributed by atoms with Crippen LogP contribution in [0.4, 0.5) is 0 Å². The summed E-state index contributed by atoms with van der Waals surface area (Å²) in [6.45, 7) is 0.417. The highest BCUT2D eigenvalue weighted by Gasteiger charge is 2.39. The molecule has 0 radical (unpaired) electrons. The number of fused-ring (bicyclic) bond motifs is 2. The Kier molecular flexibility index (Phi) is 4.14. The summed E-state index contributed by atoms with van der Waals surface area (Å²) in [5.74, 6) is -0.273. The van der Waals surface area contributed by atoms with Gasteiger partial charge < -0.3 is 10.4 Å². The quantitative estimate of drug-likeness (QED) is 0.901. The molecule has 0 aliphatic heterocycles. The van der Waals surface area contributed by atoms with Crippen LogP contribution in [0.2, 0.25) is 0 Å². The van der Waals surface area contributed by atoms with E-state index in [1.165, 1.54) is 29.0 Å². The van der Waals surface area contributed by atoms with Crippen LogP contribution < -0.4 is 5.32 Å². The third-order valence-corrected chi connectivity index (χ3v) is 6.28. The van der Waals surface area contributed by atoms with Crippen molar-refractivity contribution in [3.8, 4) is 0 Å². The van der Waals surface area contributed by atoms with Crippen LogP contribution in [0.3, 0.4) is 0 Å². The minimum Gasteiger partial charge on any atom is -0.380 e. The number of aryl methyl sites for hydroxylation is 3. The van der Waals surface area contributed by atoms with Crippen LogP contribution >= 0.6 is 11.3 Å².